The summed E-state index contributed by atoms with van der Waals surface area (Å²) in [5.74, 6) is -1.36. The van der Waals surface area contributed by atoms with Crippen molar-refractivity contribution in [3.8, 4) is 5.69 Å². The van der Waals surface area contributed by atoms with Gasteiger partial charge in [-0.3, -0.25) is 4.79 Å². The molecular formula is C20H18FN3O3. The molecule has 138 valence electrons. The van der Waals surface area contributed by atoms with E-state index in [-0.39, 0.29) is 12.4 Å². The zero-order valence-electron chi connectivity index (χ0n) is 14.9. The Labute approximate surface area is 155 Å². The predicted octanol–water partition coefficient (Wildman–Crippen LogP) is 3.08. The average molecular weight is 367 g/mol. The number of esters is 1. The third-order valence-electron chi connectivity index (χ3n) is 4.18. The van der Waals surface area contributed by atoms with Gasteiger partial charge in [-0.15, -0.1) is 0 Å². The molecule has 0 unspecified atom stereocenters. The fraction of sp³-hybridized carbons (Fsp3) is 0.150. The monoisotopic (exact) mass is 367 g/mol. The van der Waals surface area contributed by atoms with Crippen molar-refractivity contribution in [3.05, 3.63) is 82.4 Å². The molecule has 0 spiro atoms. The molecule has 2 N–H and O–H groups in total. The van der Waals surface area contributed by atoms with Gasteiger partial charge in [0.05, 0.1) is 17.1 Å². The number of aryl methyl sites for hydroxylation is 1. The number of carbonyl (C=O) groups excluding carboxylic acids is 2. The van der Waals surface area contributed by atoms with Crippen LogP contribution < -0.4 is 5.73 Å². The fourth-order valence-electron chi connectivity index (χ4n) is 2.76. The summed E-state index contributed by atoms with van der Waals surface area (Å²) in [6.07, 6.45) is 0. The van der Waals surface area contributed by atoms with Gasteiger partial charge in [-0.2, -0.15) is 5.10 Å². The molecule has 0 radical (unpaired) electrons. The van der Waals surface area contributed by atoms with E-state index in [1.54, 1.807) is 54.9 Å². The molecule has 3 rings (SSSR count). The smallest absolute Gasteiger partial charge is 0.342 e. The van der Waals surface area contributed by atoms with Gasteiger partial charge in [-0.25, -0.2) is 13.9 Å². The largest absolute Gasteiger partial charge is 0.457 e. The summed E-state index contributed by atoms with van der Waals surface area (Å²) in [5, 5.41) is 4.36. The van der Waals surface area contributed by atoms with E-state index < -0.39 is 11.9 Å². The number of primary amides is 1. The quantitative estimate of drug-likeness (QED) is 0.702. The number of halogens is 1. The number of amides is 1. The molecule has 0 atom stereocenters. The summed E-state index contributed by atoms with van der Waals surface area (Å²) in [7, 11) is 0. The second-order valence-corrected chi connectivity index (χ2v) is 6.07. The highest BCUT2D eigenvalue weighted by Gasteiger charge is 2.21. The Morgan fingerprint density at radius 1 is 1.07 bits per heavy atom. The van der Waals surface area contributed by atoms with E-state index in [0.717, 1.165) is 5.56 Å². The number of hydrogen-bond donors (Lipinski definition) is 1. The lowest BCUT2D eigenvalue weighted by atomic mass is 10.1. The molecule has 0 aliphatic heterocycles. The Kier molecular flexibility index (Phi) is 5.03. The van der Waals surface area contributed by atoms with Crippen molar-refractivity contribution in [1.82, 2.24) is 9.78 Å². The third kappa shape index (κ3) is 3.87. The molecule has 0 fully saturated rings. The van der Waals surface area contributed by atoms with Gasteiger partial charge < -0.3 is 10.5 Å². The van der Waals surface area contributed by atoms with Crippen LogP contribution in [0.3, 0.4) is 0 Å². The maximum Gasteiger partial charge on any atom is 0.342 e. The molecule has 7 heteroatoms. The summed E-state index contributed by atoms with van der Waals surface area (Å²) in [6, 6.07) is 12.3. The lowest BCUT2D eigenvalue weighted by Crippen LogP contribution is -2.11. The van der Waals surface area contributed by atoms with Crippen molar-refractivity contribution in [3.63, 3.8) is 0 Å². The highest BCUT2D eigenvalue weighted by atomic mass is 19.1. The van der Waals surface area contributed by atoms with Gasteiger partial charge in [0.15, 0.2) is 0 Å². The maximum absolute atomic E-state index is 13.1. The van der Waals surface area contributed by atoms with Gasteiger partial charge in [-0.1, -0.05) is 12.1 Å². The number of rotatable bonds is 5. The van der Waals surface area contributed by atoms with E-state index >= 15 is 0 Å². The van der Waals surface area contributed by atoms with E-state index in [9.17, 15) is 14.0 Å². The van der Waals surface area contributed by atoms with Gasteiger partial charge in [0, 0.05) is 5.56 Å². The van der Waals surface area contributed by atoms with Crippen molar-refractivity contribution in [2.24, 2.45) is 5.73 Å². The van der Waals surface area contributed by atoms with Crippen LogP contribution in [0.5, 0.6) is 0 Å². The molecule has 1 heterocycles. The molecule has 2 aromatic carbocycles. The average Bonchev–Trinajstić information content (AvgIpc) is 2.95. The first-order valence-electron chi connectivity index (χ1n) is 8.25. The van der Waals surface area contributed by atoms with E-state index in [0.29, 0.717) is 28.2 Å². The lowest BCUT2D eigenvalue weighted by Gasteiger charge is -2.07. The number of nitrogens with two attached hydrogens (primary N) is 1. The molecule has 1 aromatic heterocycles. The summed E-state index contributed by atoms with van der Waals surface area (Å²) >= 11 is 0. The van der Waals surface area contributed by atoms with E-state index in [1.807, 2.05) is 0 Å². The van der Waals surface area contributed by atoms with Crippen molar-refractivity contribution < 1.29 is 18.7 Å². The number of carbonyl (C=O) groups is 2. The first kappa shape index (κ1) is 18.3. The molecular weight excluding hydrogens is 349 g/mol. The van der Waals surface area contributed by atoms with Gasteiger partial charge in [-0.05, 0) is 55.8 Å². The minimum Gasteiger partial charge on any atom is -0.457 e. The molecule has 1 amide bonds. The van der Waals surface area contributed by atoms with Crippen LogP contribution in [0.1, 0.15) is 37.7 Å². The summed E-state index contributed by atoms with van der Waals surface area (Å²) in [6.45, 7) is 3.52. The van der Waals surface area contributed by atoms with E-state index in [1.165, 1.54) is 12.1 Å². The Bertz CT molecular complexity index is 993. The fourth-order valence-corrected chi connectivity index (χ4v) is 2.76. The van der Waals surface area contributed by atoms with Gasteiger partial charge in [0.1, 0.15) is 18.0 Å². The zero-order chi connectivity index (χ0) is 19.6. The number of benzene rings is 2. The summed E-state index contributed by atoms with van der Waals surface area (Å²) < 4.78 is 20.1. The zero-order valence-corrected chi connectivity index (χ0v) is 14.9. The van der Waals surface area contributed by atoms with Crippen molar-refractivity contribution in [2.75, 3.05) is 0 Å². The minimum absolute atomic E-state index is 0.0541. The standard InChI is InChI=1S/C20H18FN3O3/c1-12-18(13(2)24(23-12)17-9-7-16(21)8-10-17)20(26)27-11-14-3-5-15(6-4-14)19(22)25/h3-10H,11H2,1-2H3,(H2,22,25). The number of aromatic nitrogens is 2. The molecule has 0 saturated carbocycles. The van der Waals surface area contributed by atoms with Crippen LogP contribution in [0.4, 0.5) is 4.39 Å². The lowest BCUT2D eigenvalue weighted by molar-refractivity contribution is 0.0470. The van der Waals surface area contributed by atoms with Crippen LogP contribution in [-0.4, -0.2) is 21.7 Å². The van der Waals surface area contributed by atoms with Crippen LogP contribution in [0.2, 0.25) is 0 Å². The van der Waals surface area contributed by atoms with Gasteiger partial charge in [0.25, 0.3) is 0 Å². The summed E-state index contributed by atoms with van der Waals surface area (Å²) in [5.41, 5.74) is 8.46. The Hall–Kier alpha value is -3.48. The highest BCUT2D eigenvalue weighted by Crippen LogP contribution is 2.20. The minimum atomic E-state index is -0.516. The number of hydrogen-bond acceptors (Lipinski definition) is 4. The second-order valence-electron chi connectivity index (χ2n) is 6.07. The maximum atomic E-state index is 13.1. The molecule has 3 aromatic rings. The SMILES string of the molecule is Cc1nn(-c2ccc(F)cc2)c(C)c1C(=O)OCc1ccc(C(N)=O)cc1. The van der Waals surface area contributed by atoms with E-state index in [4.69, 9.17) is 10.5 Å². The first-order chi connectivity index (χ1) is 12.9. The normalized spacial score (nSPS) is 10.6. The van der Waals surface area contributed by atoms with Crippen molar-refractivity contribution >= 4 is 11.9 Å². The van der Waals surface area contributed by atoms with Crippen LogP contribution in [0.25, 0.3) is 5.69 Å². The highest BCUT2D eigenvalue weighted by molar-refractivity contribution is 5.93. The van der Waals surface area contributed by atoms with Gasteiger partial charge >= 0.3 is 5.97 Å². The molecule has 27 heavy (non-hydrogen) atoms. The van der Waals surface area contributed by atoms with Crippen molar-refractivity contribution in [1.29, 1.82) is 0 Å². The van der Waals surface area contributed by atoms with Crippen molar-refractivity contribution in [2.45, 2.75) is 20.5 Å². The molecule has 0 saturated heterocycles. The van der Waals surface area contributed by atoms with Gasteiger partial charge in [0.2, 0.25) is 5.91 Å². The van der Waals surface area contributed by atoms with E-state index in [2.05, 4.69) is 5.10 Å². The van der Waals surface area contributed by atoms with Crippen LogP contribution in [-0.2, 0) is 11.3 Å². The number of ether oxygens (including phenoxy) is 1. The Morgan fingerprint density at radius 2 is 1.70 bits per heavy atom. The summed E-state index contributed by atoms with van der Waals surface area (Å²) in [4.78, 5) is 23.6. The van der Waals surface area contributed by atoms with Crippen LogP contribution in [0.15, 0.2) is 48.5 Å². The Morgan fingerprint density at radius 3 is 2.30 bits per heavy atom. The third-order valence-corrected chi connectivity index (χ3v) is 4.18. The molecule has 0 aliphatic rings. The number of nitrogens with zero attached hydrogens (tertiary/aromatic N) is 2. The Balaban J connectivity index is 1.77. The van der Waals surface area contributed by atoms with Crippen LogP contribution in [0, 0.1) is 19.7 Å². The molecule has 0 aliphatic carbocycles. The predicted molar refractivity (Wildman–Crippen MR) is 97.1 cm³/mol. The second kappa shape index (κ2) is 7.41. The topological polar surface area (TPSA) is 87.2 Å². The molecule has 6 nitrogen and oxygen atoms in total. The first-order valence-corrected chi connectivity index (χ1v) is 8.25. The van der Waals surface area contributed by atoms with Crippen LogP contribution >= 0.6 is 0 Å². The molecule has 0 bridgehead atoms.